The molecule has 0 fully saturated rings. The first-order valence-electron chi connectivity index (χ1n) is 10.1. The maximum absolute atomic E-state index is 12.5. The molecule has 30 heavy (non-hydrogen) atoms. The predicted molar refractivity (Wildman–Crippen MR) is 114 cm³/mol. The topological polar surface area (TPSA) is 104 Å². The van der Waals surface area contributed by atoms with Gasteiger partial charge in [0.25, 0.3) is 5.91 Å². The molecule has 0 saturated carbocycles. The number of nitrogens with one attached hydrogen (secondary N) is 2. The molecule has 2 rings (SSSR count). The summed E-state index contributed by atoms with van der Waals surface area (Å²) >= 11 is 0. The first kappa shape index (κ1) is 22.9. The Kier molecular flexibility index (Phi) is 9.32. The Balaban J connectivity index is 1.85. The van der Waals surface area contributed by atoms with Gasteiger partial charge >= 0.3 is 0 Å². The van der Waals surface area contributed by atoms with Crippen molar-refractivity contribution in [3.63, 3.8) is 0 Å². The van der Waals surface area contributed by atoms with Gasteiger partial charge in [-0.2, -0.15) is 5.26 Å². The first-order chi connectivity index (χ1) is 14.5. The first-order valence-corrected chi connectivity index (χ1v) is 10.1. The molecule has 0 aliphatic rings. The fourth-order valence-corrected chi connectivity index (χ4v) is 2.91. The normalized spacial score (nSPS) is 11.4. The summed E-state index contributed by atoms with van der Waals surface area (Å²) in [5, 5.41) is 13.9. The summed E-state index contributed by atoms with van der Waals surface area (Å²) in [4.78, 5) is 28.8. The van der Waals surface area contributed by atoms with Gasteiger partial charge < -0.3 is 15.4 Å². The number of aromatic nitrogens is 1. The molecule has 1 aromatic carbocycles. The van der Waals surface area contributed by atoms with Crippen molar-refractivity contribution in [1.29, 1.82) is 5.26 Å². The van der Waals surface area contributed by atoms with E-state index in [4.69, 9.17) is 10.00 Å². The van der Waals surface area contributed by atoms with Gasteiger partial charge in [-0.05, 0) is 61.1 Å². The average Bonchev–Trinajstić information content (AvgIpc) is 2.75. The fraction of sp³-hybridized carbons (Fsp3) is 0.391. The number of amides is 2. The third-order valence-corrected chi connectivity index (χ3v) is 4.39. The zero-order valence-corrected chi connectivity index (χ0v) is 17.4. The van der Waals surface area contributed by atoms with Crippen molar-refractivity contribution in [3.05, 3.63) is 59.9 Å². The molecule has 1 aromatic heterocycles. The summed E-state index contributed by atoms with van der Waals surface area (Å²) in [6.07, 6.45) is 5.84. The van der Waals surface area contributed by atoms with Crippen molar-refractivity contribution in [2.75, 3.05) is 13.2 Å². The number of rotatable bonds is 11. The van der Waals surface area contributed by atoms with Gasteiger partial charge in [-0.1, -0.05) is 19.9 Å². The standard InChI is InChI=1S/C23H28N4O3/c1-17(2)15-21(23(29)26-13-11-24)27-22(28)19-7-9-20(10-8-19)30-14-4-6-18-5-3-12-25-16-18/h3,5,7-10,12,16-17,21H,4,6,13-15H2,1-2H3,(H,26,29)(H,27,28). The summed E-state index contributed by atoms with van der Waals surface area (Å²) in [6.45, 7) is 4.42. The van der Waals surface area contributed by atoms with Crippen molar-refractivity contribution in [2.24, 2.45) is 5.92 Å². The Labute approximate surface area is 177 Å². The van der Waals surface area contributed by atoms with Gasteiger partial charge in [0.05, 0.1) is 12.7 Å². The van der Waals surface area contributed by atoms with Crippen molar-refractivity contribution < 1.29 is 14.3 Å². The molecule has 1 heterocycles. The number of aryl methyl sites for hydroxylation is 1. The van der Waals surface area contributed by atoms with E-state index in [-0.39, 0.29) is 24.3 Å². The van der Waals surface area contributed by atoms with E-state index in [1.807, 2.05) is 38.2 Å². The lowest BCUT2D eigenvalue weighted by molar-refractivity contribution is -0.123. The van der Waals surface area contributed by atoms with Crippen molar-refractivity contribution in [3.8, 4) is 11.8 Å². The molecular formula is C23H28N4O3. The number of carbonyl (C=O) groups excluding carboxylic acids is 2. The maximum Gasteiger partial charge on any atom is 0.251 e. The molecule has 0 aliphatic carbocycles. The second-order valence-corrected chi connectivity index (χ2v) is 7.37. The molecule has 1 unspecified atom stereocenters. The second-order valence-electron chi connectivity index (χ2n) is 7.37. The quantitative estimate of drug-likeness (QED) is 0.439. The third-order valence-electron chi connectivity index (χ3n) is 4.39. The Bertz CT molecular complexity index is 845. The van der Waals surface area contributed by atoms with Gasteiger partial charge in [0, 0.05) is 18.0 Å². The van der Waals surface area contributed by atoms with Gasteiger partial charge in [0.2, 0.25) is 5.91 Å². The summed E-state index contributed by atoms with van der Waals surface area (Å²) in [5.41, 5.74) is 1.61. The van der Waals surface area contributed by atoms with Gasteiger partial charge in [-0.25, -0.2) is 0 Å². The minimum Gasteiger partial charge on any atom is -0.494 e. The molecule has 7 heteroatoms. The van der Waals surface area contributed by atoms with Crippen LogP contribution in [0.1, 0.15) is 42.6 Å². The summed E-state index contributed by atoms with van der Waals surface area (Å²) in [6, 6.07) is 12.0. The number of benzene rings is 1. The van der Waals surface area contributed by atoms with E-state index in [0.717, 1.165) is 12.8 Å². The van der Waals surface area contributed by atoms with E-state index in [1.165, 1.54) is 5.56 Å². The van der Waals surface area contributed by atoms with E-state index in [0.29, 0.717) is 24.3 Å². The highest BCUT2D eigenvalue weighted by Gasteiger charge is 2.22. The predicted octanol–water partition coefficient (Wildman–Crippen LogP) is 2.88. The smallest absolute Gasteiger partial charge is 0.251 e. The minimum absolute atomic E-state index is 0.0872. The highest BCUT2D eigenvalue weighted by molar-refractivity contribution is 5.97. The third kappa shape index (κ3) is 7.92. The zero-order valence-electron chi connectivity index (χ0n) is 17.4. The molecule has 0 radical (unpaired) electrons. The Hall–Kier alpha value is -3.40. The Morgan fingerprint density at radius 2 is 1.97 bits per heavy atom. The summed E-state index contributed by atoms with van der Waals surface area (Å²) < 4.78 is 5.73. The van der Waals surface area contributed by atoms with Gasteiger partial charge in [-0.3, -0.25) is 14.6 Å². The second kappa shape index (κ2) is 12.2. The van der Waals surface area contributed by atoms with Crippen LogP contribution in [0, 0.1) is 17.2 Å². The van der Waals surface area contributed by atoms with Crippen LogP contribution in [0.3, 0.4) is 0 Å². The van der Waals surface area contributed by atoms with Crippen LogP contribution in [-0.4, -0.2) is 36.0 Å². The number of carbonyl (C=O) groups is 2. The van der Waals surface area contributed by atoms with E-state index >= 15 is 0 Å². The van der Waals surface area contributed by atoms with Crippen molar-refractivity contribution in [2.45, 2.75) is 39.2 Å². The Morgan fingerprint density at radius 3 is 2.60 bits per heavy atom. The van der Waals surface area contributed by atoms with Crippen LogP contribution in [0.4, 0.5) is 0 Å². The van der Waals surface area contributed by atoms with E-state index < -0.39 is 6.04 Å². The molecule has 0 bridgehead atoms. The molecule has 0 saturated heterocycles. The van der Waals surface area contributed by atoms with Crippen LogP contribution < -0.4 is 15.4 Å². The van der Waals surface area contributed by atoms with Gasteiger partial charge in [0.1, 0.15) is 18.3 Å². The average molecular weight is 409 g/mol. The van der Waals surface area contributed by atoms with Crippen molar-refractivity contribution >= 4 is 11.8 Å². The maximum atomic E-state index is 12.5. The molecule has 1 atom stereocenters. The number of nitriles is 1. The largest absolute Gasteiger partial charge is 0.494 e. The number of pyridine rings is 1. The molecule has 2 aromatic rings. The fourth-order valence-electron chi connectivity index (χ4n) is 2.91. The van der Waals surface area contributed by atoms with Crippen LogP contribution in [0.15, 0.2) is 48.8 Å². The molecule has 2 N–H and O–H groups in total. The summed E-state index contributed by atoms with van der Waals surface area (Å²) in [5.74, 6) is 0.205. The molecule has 2 amide bonds. The van der Waals surface area contributed by atoms with Crippen LogP contribution in [0.25, 0.3) is 0 Å². The lowest BCUT2D eigenvalue weighted by Gasteiger charge is -2.19. The number of hydrogen-bond acceptors (Lipinski definition) is 5. The molecule has 158 valence electrons. The van der Waals surface area contributed by atoms with Crippen LogP contribution >= 0.6 is 0 Å². The van der Waals surface area contributed by atoms with E-state index in [2.05, 4.69) is 15.6 Å². The van der Waals surface area contributed by atoms with Crippen LogP contribution in [-0.2, 0) is 11.2 Å². The number of nitrogens with zero attached hydrogens (tertiary/aromatic N) is 2. The van der Waals surface area contributed by atoms with E-state index in [9.17, 15) is 9.59 Å². The molecular weight excluding hydrogens is 380 g/mol. The highest BCUT2D eigenvalue weighted by Crippen LogP contribution is 2.14. The molecule has 7 nitrogen and oxygen atoms in total. The van der Waals surface area contributed by atoms with Gasteiger partial charge in [0.15, 0.2) is 0 Å². The minimum atomic E-state index is -0.686. The number of ether oxygens (including phenoxy) is 1. The van der Waals surface area contributed by atoms with Gasteiger partial charge in [-0.15, -0.1) is 0 Å². The molecule has 0 spiro atoms. The van der Waals surface area contributed by atoms with Crippen molar-refractivity contribution in [1.82, 2.24) is 15.6 Å². The molecule has 0 aliphatic heterocycles. The van der Waals surface area contributed by atoms with Crippen LogP contribution in [0.5, 0.6) is 5.75 Å². The lowest BCUT2D eigenvalue weighted by Crippen LogP contribution is -2.47. The lowest BCUT2D eigenvalue weighted by atomic mass is 10.0. The van der Waals surface area contributed by atoms with Crippen LogP contribution in [0.2, 0.25) is 0 Å². The Morgan fingerprint density at radius 1 is 1.20 bits per heavy atom. The number of hydrogen-bond donors (Lipinski definition) is 2. The van der Waals surface area contributed by atoms with E-state index in [1.54, 1.807) is 30.5 Å². The highest BCUT2D eigenvalue weighted by atomic mass is 16.5. The SMILES string of the molecule is CC(C)CC(NC(=O)c1ccc(OCCCc2cccnc2)cc1)C(=O)NCC#N. The monoisotopic (exact) mass is 408 g/mol. The summed E-state index contributed by atoms with van der Waals surface area (Å²) in [7, 11) is 0. The zero-order chi connectivity index (χ0) is 21.8.